The third kappa shape index (κ3) is 3.41. The quantitative estimate of drug-likeness (QED) is 0.656. The van der Waals surface area contributed by atoms with Crippen LogP contribution in [0, 0.1) is 46.8 Å². The Balaban J connectivity index is 1.29. The molecule has 1 aromatic heterocycles. The predicted molar refractivity (Wildman–Crippen MR) is 121 cm³/mol. The van der Waals surface area contributed by atoms with Crippen LogP contribution in [0.2, 0.25) is 0 Å². The van der Waals surface area contributed by atoms with Gasteiger partial charge in [-0.05, 0) is 117 Å². The van der Waals surface area contributed by atoms with Crippen LogP contribution in [0.1, 0.15) is 88.9 Å². The zero-order chi connectivity index (χ0) is 20.9. The lowest BCUT2D eigenvalue weighted by atomic mass is 9.49. The van der Waals surface area contributed by atoms with Crippen molar-refractivity contribution in [1.82, 2.24) is 10.3 Å². The van der Waals surface area contributed by atoms with Crippen LogP contribution in [0.5, 0.6) is 0 Å². The molecule has 4 aliphatic rings. The van der Waals surface area contributed by atoms with Crippen LogP contribution in [-0.4, -0.2) is 16.9 Å². The second-order valence-electron chi connectivity index (χ2n) is 11.6. The van der Waals surface area contributed by atoms with E-state index in [0.717, 1.165) is 35.5 Å². The van der Waals surface area contributed by atoms with Crippen molar-refractivity contribution in [2.75, 3.05) is 0 Å². The van der Waals surface area contributed by atoms with Crippen molar-refractivity contribution in [3.05, 3.63) is 30.1 Å². The number of hydrogen-bond acceptors (Lipinski definition) is 2. The fourth-order valence-electron chi connectivity index (χ4n) is 8.84. The van der Waals surface area contributed by atoms with E-state index in [4.69, 9.17) is 0 Å². The first-order valence-corrected chi connectivity index (χ1v) is 12.7. The highest BCUT2D eigenvalue weighted by atomic mass is 16.1. The normalized spacial score (nSPS) is 43.8. The molecule has 1 aromatic rings. The molecule has 0 bridgehead atoms. The molecule has 30 heavy (non-hydrogen) atoms. The number of amides is 1. The maximum absolute atomic E-state index is 12.7. The first-order chi connectivity index (χ1) is 14.5. The van der Waals surface area contributed by atoms with Gasteiger partial charge in [0.1, 0.15) is 0 Å². The highest BCUT2D eigenvalue weighted by Gasteiger charge is 2.57. The zero-order valence-corrected chi connectivity index (χ0v) is 19.1. The topological polar surface area (TPSA) is 42.0 Å². The molecule has 0 aromatic carbocycles. The summed E-state index contributed by atoms with van der Waals surface area (Å²) in [6.45, 7) is 7.30. The molecule has 4 saturated carbocycles. The fraction of sp³-hybridized carbons (Fsp3) is 0.778. The number of fused-ring (bicyclic) bond motifs is 5. The van der Waals surface area contributed by atoms with Gasteiger partial charge in [0.05, 0.1) is 5.56 Å². The third-order valence-corrected chi connectivity index (χ3v) is 10.2. The van der Waals surface area contributed by atoms with Crippen molar-refractivity contribution in [2.45, 2.75) is 84.6 Å². The van der Waals surface area contributed by atoms with Gasteiger partial charge in [0, 0.05) is 18.4 Å². The van der Waals surface area contributed by atoms with Crippen molar-refractivity contribution < 1.29 is 4.79 Å². The molecule has 3 nitrogen and oxygen atoms in total. The van der Waals surface area contributed by atoms with E-state index in [1.807, 2.05) is 12.1 Å². The van der Waals surface area contributed by atoms with E-state index in [1.54, 1.807) is 12.4 Å². The molecule has 1 amide bonds. The Labute approximate surface area is 182 Å². The average Bonchev–Trinajstić information content (AvgIpc) is 3.11. The van der Waals surface area contributed by atoms with Gasteiger partial charge in [-0.15, -0.1) is 0 Å². The maximum atomic E-state index is 12.7. The fourth-order valence-corrected chi connectivity index (χ4v) is 8.84. The van der Waals surface area contributed by atoms with E-state index in [1.165, 1.54) is 57.8 Å². The molecule has 3 heteroatoms. The van der Waals surface area contributed by atoms with E-state index in [0.29, 0.717) is 16.9 Å². The van der Waals surface area contributed by atoms with Gasteiger partial charge in [0.2, 0.25) is 0 Å². The minimum absolute atomic E-state index is 0.0353. The third-order valence-electron chi connectivity index (χ3n) is 10.2. The van der Waals surface area contributed by atoms with Crippen LogP contribution in [0.15, 0.2) is 24.5 Å². The number of hydrogen-bond donors (Lipinski definition) is 1. The molecule has 0 radical (unpaired) electrons. The van der Waals surface area contributed by atoms with Gasteiger partial charge >= 0.3 is 0 Å². The van der Waals surface area contributed by atoms with Crippen LogP contribution in [0.4, 0.5) is 0 Å². The highest BCUT2D eigenvalue weighted by molar-refractivity contribution is 5.94. The number of aromatic nitrogens is 1. The van der Waals surface area contributed by atoms with Crippen molar-refractivity contribution in [3.8, 4) is 0 Å². The number of nitrogens with zero attached hydrogens (tertiary/aromatic N) is 1. The summed E-state index contributed by atoms with van der Waals surface area (Å²) < 4.78 is 0. The van der Waals surface area contributed by atoms with Gasteiger partial charge < -0.3 is 5.32 Å². The number of carbonyl (C=O) groups excluding carboxylic acids is 1. The number of carbonyl (C=O) groups is 1. The molecule has 164 valence electrons. The molecule has 1 N–H and O–H groups in total. The first-order valence-electron chi connectivity index (χ1n) is 12.7. The number of nitrogens with one attached hydrogen (secondary N) is 1. The molecular weight excluding hydrogens is 368 g/mol. The van der Waals surface area contributed by atoms with Crippen LogP contribution < -0.4 is 5.32 Å². The summed E-state index contributed by atoms with van der Waals surface area (Å²) >= 11 is 0. The van der Waals surface area contributed by atoms with Gasteiger partial charge in [0.15, 0.2) is 0 Å². The summed E-state index contributed by atoms with van der Waals surface area (Å²) in [6, 6.07) is 3.94. The van der Waals surface area contributed by atoms with Crippen molar-refractivity contribution >= 4 is 5.91 Å². The monoisotopic (exact) mass is 408 g/mol. The summed E-state index contributed by atoms with van der Waals surface area (Å²) in [4.78, 5) is 16.8. The standard InChI is InChI=1S/C27H40N2O/c1-17-6-8-21-19(15-17)7-9-23-22(21)12-13-27(3)24(10-11-25(23)27)18(2)29-26(30)20-5-4-14-28-16-20/h4-5,14,16-19,21-25H,6-13,15H2,1-3H3,(H,29,30). The Bertz CT molecular complexity index is 763. The SMILES string of the molecule is CC1CCC2C(CCC3C2CCC2(C)C(C(C)NC(=O)c4cccnc4)CCC32)C1. The Kier molecular flexibility index (Phi) is 5.44. The number of pyridine rings is 1. The van der Waals surface area contributed by atoms with E-state index in [9.17, 15) is 4.79 Å². The summed E-state index contributed by atoms with van der Waals surface area (Å²) in [7, 11) is 0. The highest BCUT2D eigenvalue weighted by Crippen LogP contribution is 2.64. The van der Waals surface area contributed by atoms with Crippen LogP contribution >= 0.6 is 0 Å². The van der Waals surface area contributed by atoms with Crippen molar-refractivity contribution in [3.63, 3.8) is 0 Å². The summed E-state index contributed by atoms with van der Waals surface area (Å²) in [5.41, 5.74) is 1.08. The van der Waals surface area contributed by atoms with Crippen molar-refractivity contribution in [2.24, 2.45) is 46.8 Å². The van der Waals surface area contributed by atoms with Crippen LogP contribution in [0.3, 0.4) is 0 Å². The van der Waals surface area contributed by atoms with Gasteiger partial charge in [-0.2, -0.15) is 0 Å². The largest absolute Gasteiger partial charge is 0.349 e. The first kappa shape index (κ1) is 20.5. The molecule has 9 unspecified atom stereocenters. The van der Waals surface area contributed by atoms with E-state index in [2.05, 4.69) is 31.1 Å². The number of rotatable bonds is 3. The second-order valence-corrected chi connectivity index (χ2v) is 11.6. The minimum Gasteiger partial charge on any atom is -0.349 e. The molecule has 5 rings (SSSR count). The predicted octanol–water partition coefficient (Wildman–Crippen LogP) is 6.10. The van der Waals surface area contributed by atoms with E-state index < -0.39 is 0 Å². The zero-order valence-electron chi connectivity index (χ0n) is 19.1. The summed E-state index contributed by atoms with van der Waals surface area (Å²) in [5.74, 6) is 6.45. The van der Waals surface area contributed by atoms with Gasteiger partial charge in [-0.1, -0.05) is 20.3 Å². The minimum atomic E-state index is 0.0353. The molecule has 4 aliphatic carbocycles. The van der Waals surface area contributed by atoms with Crippen LogP contribution in [-0.2, 0) is 0 Å². The molecule has 0 spiro atoms. The molecule has 0 aliphatic heterocycles. The molecule has 4 fully saturated rings. The Morgan fingerprint density at radius 3 is 2.73 bits per heavy atom. The summed E-state index contributed by atoms with van der Waals surface area (Å²) in [5, 5.41) is 3.34. The lowest BCUT2D eigenvalue weighted by Gasteiger charge is -2.56. The average molecular weight is 409 g/mol. The lowest BCUT2D eigenvalue weighted by Crippen LogP contribution is -2.51. The maximum Gasteiger partial charge on any atom is 0.253 e. The Morgan fingerprint density at radius 2 is 1.93 bits per heavy atom. The van der Waals surface area contributed by atoms with Gasteiger partial charge in [-0.3, -0.25) is 9.78 Å². The molecule has 1 heterocycles. The van der Waals surface area contributed by atoms with Crippen LogP contribution in [0.25, 0.3) is 0 Å². The van der Waals surface area contributed by atoms with E-state index in [-0.39, 0.29) is 11.9 Å². The van der Waals surface area contributed by atoms with Crippen molar-refractivity contribution in [1.29, 1.82) is 0 Å². The summed E-state index contributed by atoms with van der Waals surface area (Å²) in [6.07, 6.45) is 16.3. The molecular formula is C27H40N2O. The molecule has 9 atom stereocenters. The Morgan fingerprint density at radius 1 is 1.10 bits per heavy atom. The van der Waals surface area contributed by atoms with Gasteiger partial charge in [-0.25, -0.2) is 0 Å². The Hall–Kier alpha value is -1.38. The van der Waals surface area contributed by atoms with E-state index >= 15 is 0 Å². The smallest absolute Gasteiger partial charge is 0.253 e. The molecule has 0 saturated heterocycles. The second kappa shape index (κ2) is 7.95. The van der Waals surface area contributed by atoms with Gasteiger partial charge in [0.25, 0.3) is 5.91 Å². The lowest BCUT2D eigenvalue weighted by molar-refractivity contribution is -0.0698.